The summed E-state index contributed by atoms with van der Waals surface area (Å²) in [6.07, 6.45) is 7.10. The molecule has 0 saturated carbocycles. The molecule has 3 aromatic heterocycles. The van der Waals surface area contributed by atoms with Gasteiger partial charge in [0.15, 0.2) is 0 Å². The van der Waals surface area contributed by atoms with Gasteiger partial charge in [-0.2, -0.15) is 0 Å². The quantitative estimate of drug-likeness (QED) is 0.521. The van der Waals surface area contributed by atoms with Crippen LogP contribution in [0.15, 0.2) is 52.3 Å². The molecule has 0 radical (unpaired) electrons. The zero-order valence-corrected chi connectivity index (χ0v) is 18.5. The number of carbonyl (C=O) groups excluding carboxylic acids is 1. The van der Waals surface area contributed by atoms with Crippen LogP contribution in [-0.2, 0) is 14.1 Å². The van der Waals surface area contributed by atoms with Crippen molar-refractivity contribution in [2.24, 2.45) is 14.1 Å². The number of pyridine rings is 2. The molecule has 0 spiro atoms. The lowest BCUT2D eigenvalue weighted by Crippen LogP contribution is -2.37. The van der Waals surface area contributed by atoms with Crippen LogP contribution in [0.2, 0.25) is 0 Å². The van der Waals surface area contributed by atoms with Gasteiger partial charge < -0.3 is 10.2 Å². The minimum absolute atomic E-state index is 0.114. The fraction of sp³-hybridized carbons (Fsp3) is 0.292. The molecule has 1 aliphatic rings. The summed E-state index contributed by atoms with van der Waals surface area (Å²) in [5.41, 5.74) is 1.11. The lowest BCUT2D eigenvalue weighted by Gasteiger charge is -2.30. The maximum absolute atomic E-state index is 13.1. The summed E-state index contributed by atoms with van der Waals surface area (Å²) in [6.45, 7) is 2.03. The van der Waals surface area contributed by atoms with Gasteiger partial charge in [-0.25, -0.2) is 9.78 Å². The molecule has 1 fully saturated rings. The molecule has 4 heterocycles. The number of amides is 1. The van der Waals surface area contributed by atoms with E-state index in [9.17, 15) is 14.4 Å². The van der Waals surface area contributed by atoms with Crippen LogP contribution < -0.4 is 21.5 Å². The molecule has 0 bridgehead atoms. The summed E-state index contributed by atoms with van der Waals surface area (Å²) in [6, 6.07) is 8.90. The van der Waals surface area contributed by atoms with E-state index in [4.69, 9.17) is 0 Å². The number of benzene rings is 1. The van der Waals surface area contributed by atoms with Crippen LogP contribution in [0.25, 0.3) is 21.8 Å². The van der Waals surface area contributed by atoms with Gasteiger partial charge in [-0.1, -0.05) is 0 Å². The van der Waals surface area contributed by atoms with Crippen LogP contribution in [0, 0.1) is 0 Å². The molecular weight excluding hydrogens is 420 g/mol. The van der Waals surface area contributed by atoms with Crippen LogP contribution in [0.4, 0.5) is 11.4 Å². The monoisotopic (exact) mass is 444 g/mol. The van der Waals surface area contributed by atoms with Gasteiger partial charge in [0.1, 0.15) is 11.3 Å². The summed E-state index contributed by atoms with van der Waals surface area (Å²) in [7, 11) is 2.94. The van der Waals surface area contributed by atoms with Gasteiger partial charge in [-0.05, 0) is 49.6 Å². The van der Waals surface area contributed by atoms with E-state index in [0.717, 1.165) is 34.1 Å². The third kappa shape index (κ3) is 3.55. The van der Waals surface area contributed by atoms with Crippen molar-refractivity contribution in [2.45, 2.75) is 19.3 Å². The Bertz CT molecular complexity index is 1510. The number of nitrogens with one attached hydrogen (secondary N) is 1. The van der Waals surface area contributed by atoms with Gasteiger partial charge in [0.05, 0.1) is 11.1 Å². The molecule has 1 aromatic carbocycles. The van der Waals surface area contributed by atoms with Crippen molar-refractivity contribution in [3.05, 3.63) is 69.3 Å². The Kier molecular flexibility index (Phi) is 5.16. The van der Waals surface area contributed by atoms with Gasteiger partial charge in [0.25, 0.3) is 11.5 Å². The highest BCUT2D eigenvalue weighted by Gasteiger charge is 2.18. The van der Waals surface area contributed by atoms with Crippen LogP contribution in [-0.4, -0.2) is 38.1 Å². The molecule has 0 atom stereocenters. The lowest BCUT2D eigenvalue weighted by atomic mass is 10.0. The van der Waals surface area contributed by atoms with E-state index in [-0.39, 0.29) is 16.7 Å². The van der Waals surface area contributed by atoms with Crippen LogP contribution in [0.1, 0.15) is 29.8 Å². The molecule has 1 N–H and O–H groups in total. The summed E-state index contributed by atoms with van der Waals surface area (Å²) in [5.74, 6) is -0.430. The average molecular weight is 444 g/mol. The molecule has 1 aliphatic heterocycles. The largest absolute Gasteiger partial charge is 0.371 e. The number of piperidine rings is 1. The number of nitrogens with zero attached hydrogens (tertiary/aromatic N) is 5. The predicted octanol–water partition coefficient (Wildman–Crippen LogP) is 2.42. The van der Waals surface area contributed by atoms with Gasteiger partial charge in [-0.3, -0.25) is 23.7 Å². The maximum atomic E-state index is 13.1. The molecule has 9 nitrogen and oxygen atoms in total. The molecule has 4 aromatic rings. The first-order valence-electron chi connectivity index (χ1n) is 11.0. The maximum Gasteiger partial charge on any atom is 0.332 e. The third-order valence-electron chi connectivity index (χ3n) is 6.27. The highest BCUT2D eigenvalue weighted by Crippen LogP contribution is 2.33. The Labute approximate surface area is 189 Å². The van der Waals surface area contributed by atoms with Crippen molar-refractivity contribution >= 4 is 39.1 Å². The number of anilines is 2. The highest BCUT2D eigenvalue weighted by atomic mass is 16.2. The van der Waals surface area contributed by atoms with E-state index in [1.54, 1.807) is 12.4 Å². The molecule has 0 unspecified atom stereocenters. The van der Waals surface area contributed by atoms with E-state index in [1.165, 1.54) is 50.1 Å². The second kappa shape index (κ2) is 8.16. The molecule has 5 rings (SSSR count). The second-order valence-corrected chi connectivity index (χ2v) is 8.33. The number of rotatable bonds is 3. The molecule has 0 aliphatic carbocycles. The van der Waals surface area contributed by atoms with Gasteiger partial charge in [0.2, 0.25) is 0 Å². The molecular formula is C24H24N6O3. The summed E-state index contributed by atoms with van der Waals surface area (Å²) in [5, 5.41) is 5.07. The van der Waals surface area contributed by atoms with E-state index in [1.807, 2.05) is 18.2 Å². The standard InChI is InChI=1S/C24H24N6O3/c1-28-21-16(23(32)29(2)24(28)33)6-7-19(26-21)22(31)27-18-8-9-20(30-12-4-3-5-13-30)15-10-11-25-14-17(15)18/h6-11,14H,3-5,12-13H2,1-2H3,(H,27,31). The summed E-state index contributed by atoms with van der Waals surface area (Å²) >= 11 is 0. The van der Waals surface area contributed by atoms with Crippen molar-refractivity contribution in [1.82, 2.24) is 19.1 Å². The predicted molar refractivity (Wildman–Crippen MR) is 128 cm³/mol. The van der Waals surface area contributed by atoms with Gasteiger partial charge in [-0.15, -0.1) is 0 Å². The van der Waals surface area contributed by atoms with Crippen LogP contribution in [0.5, 0.6) is 0 Å². The zero-order valence-electron chi connectivity index (χ0n) is 18.5. The number of aryl methyl sites for hydroxylation is 1. The Morgan fingerprint density at radius 1 is 0.909 bits per heavy atom. The number of hydrogen-bond donors (Lipinski definition) is 1. The minimum atomic E-state index is -0.497. The number of hydrogen-bond acceptors (Lipinski definition) is 6. The smallest absolute Gasteiger partial charge is 0.332 e. The molecule has 33 heavy (non-hydrogen) atoms. The Morgan fingerprint density at radius 2 is 1.70 bits per heavy atom. The first-order chi connectivity index (χ1) is 16.0. The van der Waals surface area contributed by atoms with E-state index in [0.29, 0.717) is 5.69 Å². The van der Waals surface area contributed by atoms with Gasteiger partial charge >= 0.3 is 5.69 Å². The highest BCUT2D eigenvalue weighted by molar-refractivity contribution is 6.10. The van der Waals surface area contributed by atoms with Crippen LogP contribution >= 0.6 is 0 Å². The van der Waals surface area contributed by atoms with Crippen molar-refractivity contribution in [1.29, 1.82) is 0 Å². The van der Waals surface area contributed by atoms with Crippen molar-refractivity contribution < 1.29 is 4.79 Å². The molecule has 1 saturated heterocycles. The van der Waals surface area contributed by atoms with E-state index < -0.39 is 17.2 Å². The molecule has 1 amide bonds. The Morgan fingerprint density at radius 3 is 2.48 bits per heavy atom. The van der Waals surface area contributed by atoms with Gasteiger partial charge in [0, 0.05) is 56.0 Å². The fourth-order valence-electron chi connectivity index (χ4n) is 4.46. The minimum Gasteiger partial charge on any atom is -0.371 e. The first-order valence-corrected chi connectivity index (χ1v) is 11.0. The van der Waals surface area contributed by atoms with Crippen molar-refractivity contribution in [3.8, 4) is 0 Å². The topological polar surface area (TPSA) is 102 Å². The van der Waals surface area contributed by atoms with Crippen LogP contribution in [0.3, 0.4) is 0 Å². The molecule has 9 heteroatoms. The summed E-state index contributed by atoms with van der Waals surface area (Å²) < 4.78 is 2.28. The normalized spacial score (nSPS) is 14.1. The third-order valence-corrected chi connectivity index (χ3v) is 6.27. The summed E-state index contributed by atoms with van der Waals surface area (Å²) in [4.78, 5) is 48.7. The zero-order chi connectivity index (χ0) is 23.1. The first kappa shape index (κ1) is 20.9. The average Bonchev–Trinajstić information content (AvgIpc) is 2.86. The lowest BCUT2D eigenvalue weighted by molar-refractivity contribution is 0.102. The SMILES string of the molecule is Cn1c(=O)c2ccc(C(=O)Nc3ccc(N4CCCCC4)c4ccncc34)nc2n(C)c1=O. The Hall–Kier alpha value is -4.01. The Balaban J connectivity index is 1.53. The fourth-order valence-corrected chi connectivity index (χ4v) is 4.46. The number of fused-ring (bicyclic) bond motifs is 2. The van der Waals surface area contributed by atoms with Crippen molar-refractivity contribution in [3.63, 3.8) is 0 Å². The molecule has 168 valence electrons. The van der Waals surface area contributed by atoms with Crippen molar-refractivity contribution in [2.75, 3.05) is 23.3 Å². The van der Waals surface area contributed by atoms with E-state index in [2.05, 4.69) is 20.2 Å². The number of aromatic nitrogens is 4. The number of carbonyl (C=O) groups is 1. The second-order valence-electron chi connectivity index (χ2n) is 8.33. The van der Waals surface area contributed by atoms with E-state index >= 15 is 0 Å².